The maximum absolute atomic E-state index is 13.2. The van der Waals surface area contributed by atoms with Crippen LogP contribution in [0.3, 0.4) is 0 Å². The summed E-state index contributed by atoms with van der Waals surface area (Å²) in [6, 6.07) is 8.34. The second-order valence-electron chi connectivity index (χ2n) is 5.46. The Balaban J connectivity index is 1.87. The Morgan fingerprint density at radius 3 is 2.95 bits per heavy atom. The number of aliphatic hydroxyl groups is 1. The third kappa shape index (κ3) is 4.91. The summed E-state index contributed by atoms with van der Waals surface area (Å²) in [5.74, 6) is 0.414. The highest BCUT2D eigenvalue weighted by molar-refractivity contribution is 5.58. The molecule has 0 saturated carbocycles. The second kappa shape index (κ2) is 8.03. The molecular formula is C16H22FN3O2. The molecule has 2 aromatic rings. The first kappa shape index (κ1) is 16.6. The van der Waals surface area contributed by atoms with E-state index in [9.17, 15) is 4.39 Å². The monoisotopic (exact) mass is 307 g/mol. The van der Waals surface area contributed by atoms with Crippen LogP contribution in [0.1, 0.15) is 12.7 Å². The Morgan fingerprint density at radius 2 is 2.23 bits per heavy atom. The van der Waals surface area contributed by atoms with Gasteiger partial charge >= 0.3 is 0 Å². The Morgan fingerprint density at radius 1 is 1.41 bits per heavy atom. The van der Waals surface area contributed by atoms with Crippen molar-refractivity contribution in [1.29, 1.82) is 0 Å². The fourth-order valence-electron chi connectivity index (χ4n) is 2.25. The summed E-state index contributed by atoms with van der Waals surface area (Å²) >= 11 is 0. The minimum Gasteiger partial charge on any atom is -0.395 e. The number of rotatable bonds is 8. The average molecular weight is 307 g/mol. The number of likely N-dealkylation sites (N-methyl/N-ethyl adjacent to an activating group) is 1. The molecule has 0 saturated heterocycles. The van der Waals surface area contributed by atoms with E-state index >= 15 is 0 Å². The van der Waals surface area contributed by atoms with Crippen molar-refractivity contribution >= 4 is 0 Å². The van der Waals surface area contributed by atoms with E-state index in [0.29, 0.717) is 30.1 Å². The van der Waals surface area contributed by atoms with E-state index in [-0.39, 0.29) is 18.5 Å². The zero-order chi connectivity index (χ0) is 15.9. The Bertz CT molecular complexity index is 588. The lowest BCUT2D eigenvalue weighted by atomic mass is 10.1. The van der Waals surface area contributed by atoms with Gasteiger partial charge in [0.25, 0.3) is 0 Å². The number of aromatic nitrogens is 1. The Kier molecular flexibility index (Phi) is 6.06. The maximum atomic E-state index is 13.2. The lowest BCUT2D eigenvalue weighted by Gasteiger charge is -2.20. The molecular weight excluding hydrogens is 285 g/mol. The van der Waals surface area contributed by atoms with Crippen molar-refractivity contribution in [2.75, 3.05) is 26.7 Å². The maximum Gasteiger partial charge on any atom is 0.151 e. The molecule has 0 aliphatic rings. The van der Waals surface area contributed by atoms with Crippen molar-refractivity contribution in [3.05, 3.63) is 41.9 Å². The van der Waals surface area contributed by atoms with Crippen LogP contribution in [0.25, 0.3) is 11.3 Å². The zero-order valence-electron chi connectivity index (χ0n) is 12.9. The van der Waals surface area contributed by atoms with Gasteiger partial charge in [-0.3, -0.25) is 0 Å². The summed E-state index contributed by atoms with van der Waals surface area (Å²) in [5, 5.41) is 16.2. The molecule has 0 aliphatic carbocycles. The van der Waals surface area contributed by atoms with Gasteiger partial charge in [0, 0.05) is 30.8 Å². The number of aliphatic hydroxyl groups excluding tert-OH is 1. The van der Waals surface area contributed by atoms with Crippen LogP contribution in [0.4, 0.5) is 4.39 Å². The summed E-state index contributed by atoms with van der Waals surface area (Å²) in [6.07, 6.45) is 0. The van der Waals surface area contributed by atoms with Crippen LogP contribution in [0.2, 0.25) is 0 Å². The molecule has 120 valence electrons. The summed E-state index contributed by atoms with van der Waals surface area (Å²) in [4.78, 5) is 2.05. The van der Waals surface area contributed by atoms with E-state index in [0.717, 1.165) is 6.54 Å². The van der Waals surface area contributed by atoms with Crippen LogP contribution in [0, 0.1) is 5.82 Å². The topological polar surface area (TPSA) is 61.5 Å². The van der Waals surface area contributed by atoms with Gasteiger partial charge in [-0.25, -0.2) is 4.39 Å². The first-order chi connectivity index (χ1) is 10.6. The van der Waals surface area contributed by atoms with E-state index in [1.807, 2.05) is 13.1 Å². The average Bonchev–Trinajstić information content (AvgIpc) is 2.94. The molecule has 2 N–H and O–H groups in total. The lowest BCUT2D eigenvalue weighted by molar-refractivity contribution is 0.209. The molecule has 6 heteroatoms. The van der Waals surface area contributed by atoms with Gasteiger partial charge in [-0.05, 0) is 26.1 Å². The molecule has 1 aromatic heterocycles. The molecule has 1 aromatic carbocycles. The van der Waals surface area contributed by atoms with E-state index in [1.54, 1.807) is 12.1 Å². The number of nitrogens with zero attached hydrogens (tertiary/aromatic N) is 2. The van der Waals surface area contributed by atoms with Gasteiger partial charge in [-0.15, -0.1) is 0 Å². The Labute approximate surface area is 129 Å². The number of nitrogens with one attached hydrogen (secondary N) is 1. The summed E-state index contributed by atoms with van der Waals surface area (Å²) in [7, 11) is 1.96. The van der Waals surface area contributed by atoms with Gasteiger partial charge in [-0.2, -0.15) is 0 Å². The molecule has 22 heavy (non-hydrogen) atoms. The number of halogens is 1. The van der Waals surface area contributed by atoms with E-state index in [1.165, 1.54) is 12.1 Å². The largest absolute Gasteiger partial charge is 0.395 e. The van der Waals surface area contributed by atoms with Crippen LogP contribution in [-0.2, 0) is 6.54 Å². The van der Waals surface area contributed by atoms with Gasteiger partial charge in [-0.1, -0.05) is 17.3 Å². The zero-order valence-corrected chi connectivity index (χ0v) is 12.9. The third-order valence-electron chi connectivity index (χ3n) is 3.37. The van der Waals surface area contributed by atoms with Gasteiger partial charge in [0.15, 0.2) is 5.76 Å². The second-order valence-corrected chi connectivity index (χ2v) is 5.46. The molecule has 2 rings (SSSR count). The molecule has 0 aliphatic heterocycles. The molecule has 1 heterocycles. The van der Waals surface area contributed by atoms with Crippen molar-refractivity contribution in [3.8, 4) is 11.3 Å². The van der Waals surface area contributed by atoms with Crippen LogP contribution < -0.4 is 5.32 Å². The molecule has 0 bridgehead atoms. The molecule has 0 amide bonds. The van der Waals surface area contributed by atoms with Crippen LogP contribution in [-0.4, -0.2) is 47.9 Å². The number of hydrogen-bond acceptors (Lipinski definition) is 5. The smallest absolute Gasteiger partial charge is 0.151 e. The summed E-state index contributed by atoms with van der Waals surface area (Å²) in [5.41, 5.74) is 1.33. The fourth-order valence-corrected chi connectivity index (χ4v) is 2.25. The number of benzene rings is 1. The SMILES string of the molecule is CC(CN(C)CCO)NCc1cc(-c2cccc(F)c2)no1. The van der Waals surface area contributed by atoms with Crippen LogP contribution in [0.5, 0.6) is 0 Å². The van der Waals surface area contributed by atoms with Crippen molar-refractivity contribution in [1.82, 2.24) is 15.4 Å². The molecule has 5 nitrogen and oxygen atoms in total. The quantitative estimate of drug-likeness (QED) is 0.780. The van der Waals surface area contributed by atoms with Crippen LogP contribution in [0.15, 0.2) is 34.9 Å². The van der Waals surface area contributed by atoms with Gasteiger partial charge < -0.3 is 19.8 Å². The normalized spacial score (nSPS) is 12.8. The summed E-state index contributed by atoms with van der Waals surface area (Å²) in [6.45, 7) is 4.25. The first-order valence-corrected chi connectivity index (χ1v) is 7.33. The minimum atomic E-state index is -0.291. The van der Waals surface area contributed by atoms with Crippen molar-refractivity contribution < 1.29 is 14.0 Å². The van der Waals surface area contributed by atoms with Crippen molar-refractivity contribution in [2.45, 2.75) is 19.5 Å². The molecule has 1 unspecified atom stereocenters. The highest BCUT2D eigenvalue weighted by Crippen LogP contribution is 2.19. The predicted octanol–water partition coefficient (Wildman–Crippen LogP) is 1.88. The lowest BCUT2D eigenvalue weighted by Crippen LogP contribution is -2.38. The van der Waals surface area contributed by atoms with E-state index in [4.69, 9.17) is 9.63 Å². The van der Waals surface area contributed by atoms with Gasteiger partial charge in [0.05, 0.1) is 13.2 Å². The van der Waals surface area contributed by atoms with Gasteiger partial charge in [0.1, 0.15) is 11.5 Å². The van der Waals surface area contributed by atoms with E-state index in [2.05, 4.69) is 22.3 Å². The third-order valence-corrected chi connectivity index (χ3v) is 3.37. The summed E-state index contributed by atoms with van der Waals surface area (Å²) < 4.78 is 18.5. The predicted molar refractivity (Wildman–Crippen MR) is 82.8 cm³/mol. The molecule has 0 radical (unpaired) electrons. The van der Waals surface area contributed by atoms with Crippen molar-refractivity contribution in [2.24, 2.45) is 0 Å². The highest BCUT2D eigenvalue weighted by Gasteiger charge is 2.10. The van der Waals surface area contributed by atoms with Gasteiger partial charge in [0.2, 0.25) is 0 Å². The highest BCUT2D eigenvalue weighted by atomic mass is 19.1. The van der Waals surface area contributed by atoms with E-state index < -0.39 is 0 Å². The van der Waals surface area contributed by atoms with Crippen LogP contribution >= 0.6 is 0 Å². The molecule has 1 atom stereocenters. The number of hydrogen-bond donors (Lipinski definition) is 2. The Hall–Kier alpha value is -1.76. The minimum absolute atomic E-state index is 0.155. The molecule has 0 fully saturated rings. The first-order valence-electron chi connectivity index (χ1n) is 7.33. The fraction of sp³-hybridized carbons (Fsp3) is 0.438. The van der Waals surface area contributed by atoms with Crippen molar-refractivity contribution in [3.63, 3.8) is 0 Å². The molecule has 0 spiro atoms. The standard InChI is InChI=1S/C16H22FN3O2/c1-12(11-20(2)6-7-21)18-10-15-9-16(19-22-15)13-4-3-5-14(17)8-13/h3-5,8-9,12,18,21H,6-7,10-11H2,1-2H3.